The molecule has 0 bridgehead atoms. The molecule has 2 nitrogen and oxygen atoms in total. The fourth-order valence-corrected chi connectivity index (χ4v) is 3.13. The molecular weight excluding hydrogens is 242 g/mol. The Hall–Kier alpha value is -0.380. The SMILES string of the molecule is CCC(CC)(CO)CN(C)C(C)Cc1cccs1. The second kappa shape index (κ2) is 7.27. The van der Waals surface area contributed by atoms with Crippen LogP contribution in [0.1, 0.15) is 38.5 Å². The number of hydrogen-bond donors (Lipinski definition) is 1. The molecule has 1 heterocycles. The van der Waals surface area contributed by atoms with Gasteiger partial charge in [-0.1, -0.05) is 19.9 Å². The molecule has 0 amide bonds. The smallest absolute Gasteiger partial charge is 0.0499 e. The van der Waals surface area contributed by atoms with E-state index in [1.807, 2.05) is 11.3 Å². The maximum Gasteiger partial charge on any atom is 0.0499 e. The zero-order chi connectivity index (χ0) is 13.6. The maximum absolute atomic E-state index is 9.64. The number of nitrogens with zero attached hydrogens (tertiary/aromatic N) is 1. The molecule has 1 aromatic rings. The Kier molecular flexibility index (Phi) is 6.33. The van der Waals surface area contributed by atoms with Gasteiger partial charge in [0.2, 0.25) is 0 Å². The largest absolute Gasteiger partial charge is 0.396 e. The highest BCUT2D eigenvalue weighted by Gasteiger charge is 2.28. The van der Waals surface area contributed by atoms with Crippen molar-refractivity contribution < 1.29 is 5.11 Å². The molecule has 0 saturated heterocycles. The molecule has 0 fully saturated rings. The summed E-state index contributed by atoms with van der Waals surface area (Å²) in [6.07, 6.45) is 3.18. The molecule has 104 valence electrons. The summed E-state index contributed by atoms with van der Waals surface area (Å²) in [5, 5.41) is 11.8. The van der Waals surface area contributed by atoms with Crippen LogP contribution in [0.5, 0.6) is 0 Å². The normalized spacial score (nSPS) is 14.1. The summed E-state index contributed by atoms with van der Waals surface area (Å²) < 4.78 is 0. The summed E-state index contributed by atoms with van der Waals surface area (Å²) in [7, 11) is 2.17. The van der Waals surface area contributed by atoms with Crippen molar-refractivity contribution in [1.82, 2.24) is 4.90 Å². The zero-order valence-corrected chi connectivity index (χ0v) is 13.0. The Balaban J connectivity index is 2.55. The van der Waals surface area contributed by atoms with E-state index in [9.17, 15) is 5.11 Å². The number of aliphatic hydroxyl groups excluding tert-OH is 1. The lowest BCUT2D eigenvalue weighted by molar-refractivity contribution is 0.0625. The summed E-state index contributed by atoms with van der Waals surface area (Å²) in [5.41, 5.74) is 0.0679. The van der Waals surface area contributed by atoms with Gasteiger partial charge in [0.1, 0.15) is 0 Å². The Morgan fingerprint density at radius 3 is 2.50 bits per heavy atom. The van der Waals surface area contributed by atoms with E-state index in [-0.39, 0.29) is 12.0 Å². The van der Waals surface area contributed by atoms with Crippen molar-refractivity contribution in [3.05, 3.63) is 22.4 Å². The summed E-state index contributed by atoms with van der Waals surface area (Å²) in [6.45, 7) is 7.89. The summed E-state index contributed by atoms with van der Waals surface area (Å²) in [5.74, 6) is 0. The molecule has 0 spiro atoms. The van der Waals surface area contributed by atoms with Gasteiger partial charge in [-0.05, 0) is 44.7 Å². The average molecular weight is 269 g/mol. The minimum atomic E-state index is 0.0679. The molecular formula is C15H27NOS. The van der Waals surface area contributed by atoms with Gasteiger partial charge in [-0.3, -0.25) is 0 Å². The van der Waals surface area contributed by atoms with E-state index in [0.29, 0.717) is 6.04 Å². The zero-order valence-electron chi connectivity index (χ0n) is 12.1. The maximum atomic E-state index is 9.64. The number of aliphatic hydroxyl groups is 1. The fourth-order valence-electron chi connectivity index (χ4n) is 2.31. The predicted octanol–water partition coefficient (Wildman–Crippen LogP) is 3.41. The van der Waals surface area contributed by atoms with Crippen LogP contribution in [0, 0.1) is 5.41 Å². The minimum Gasteiger partial charge on any atom is -0.396 e. The van der Waals surface area contributed by atoms with Crippen LogP contribution in [0.15, 0.2) is 17.5 Å². The summed E-state index contributed by atoms with van der Waals surface area (Å²) in [4.78, 5) is 3.83. The van der Waals surface area contributed by atoms with E-state index >= 15 is 0 Å². The van der Waals surface area contributed by atoms with E-state index in [1.54, 1.807) is 0 Å². The molecule has 3 heteroatoms. The van der Waals surface area contributed by atoms with Crippen molar-refractivity contribution in [2.45, 2.75) is 46.1 Å². The molecule has 0 saturated carbocycles. The lowest BCUT2D eigenvalue weighted by atomic mass is 9.82. The van der Waals surface area contributed by atoms with Crippen LogP contribution in [-0.4, -0.2) is 36.2 Å². The van der Waals surface area contributed by atoms with E-state index in [4.69, 9.17) is 0 Å². The molecule has 0 aliphatic rings. The van der Waals surface area contributed by atoms with Crippen LogP contribution < -0.4 is 0 Å². The first kappa shape index (κ1) is 15.7. The number of thiophene rings is 1. The predicted molar refractivity (Wildman–Crippen MR) is 80.2 cm³/mol. The van der Waals surface area contributed by atoms with E-state index in [1.165, 1.54) is 4.88 Å². The number of hydrogen-bond acceptors (Lipinski definition) is 3. The summed E-state index contributed by atoms with van der Waals surface area (Å²) in [6, 6.07) is 4.84. The van der Waals surface area contributed by atoms with E-state index in [0.717, 1.165) is 25.8 Å². The lowest BCUT2D eigenvalue weighted by Gasteiger charge is -2.36. The number of likely N-dealkylation sites (N-methyl/N-ethyl adjacent to an activating group) is 1. The van der Waals surface area contributed by atoms with Crippen molar-refractivity contribution in [2.24, 2.45) is 5.41 Å². The van der Waals surface area contributed by atoms with E-state index in [2.05, 4.69) is 50.2 Å². The Labute approximate surface area is 116 Å². The molecule has 18 heavy (non-hydrogen) atoms. The standard InChI is InChI=1S/C15H27NOS/c1-5-15(6-2,12-17)11-16(4)13(3)10-14-8-7-9-18-14/h7-9,13,17H,5-6,10-12H2,1-4H3. The minimum absolute atomic E-state index is 0.0679. The van der Waals surface area contributed by atoms with Crippen LogP contribution >= 0.6 is 11.3 Å². The van der Waals surface area contributed by atoms with Crippen molar-refractivity contribution in [3.63, 3.8) is 0 Å². The topological polar surface area (TPSA) is 23.5 Å². The van der Waals surface area contributed by atoms with Crippen molar-refractivity contribution in [3.8, 4) is 0 Å². The van der Waals surface area contributed by atoms with Crippen LogP contribution in [0.2, 0.25) is 0 Å². The van der Waals surface area contributed by atoms with Crippen molar-refractivity contribution >= 4 is 11.3 Å². The molecule has 1 aromatic heterocycles. The van der Waals surface area contributed by atoms with Gasteiger partial charge in [0.15, 0.2) is 0 Å². The number of rotatable bonds is 8. The monoisotopic (exact) mass is 269 g/mol. The molecule has 1 unspecified atom stereocenters. The van der Waals surface area contributed by atoms with Gasteiger partial charge in [0.05, 0.1) is 0 Å². The summed E-state index contributed by atoms with van der Waals surface area (Å²) >= 11 is 1.83. The first-order valence-electron chi connectivity index (χ1n) is 6.90. The lowest BCUT2D eigenvalue weighted by Crippen LogP contribution is -2.42. The van der Waals surface area contributed by atoms with Gasteiger partial charge in [0, 0.05) is 29.5 Å². The fraction of sp³-hybridized carbons (Fsp3) is 0.733. The van der Waals surface area contributed by atoms with Crippen LogP contribution in [-0.2, 0) is 6.42 Å². The van der Waals surface area contributed by atoms with Gasteiger partial charge >= 0.3 is 0 Å². The molecule has 0 aliphatic heterocycles. The highest BCUT2D eigenvalue weighted by Crippen LogP contribution is 2.27. The second-order valence-corrected chi connectivity index (χ2v) is 6.45. The van der Waals surface area contributed by atoms with Gasteiger partial charge in [0.25, 0.3) is 0 Å². The molecule has 1 atom stereocenters. The highest BCUT2D eigenvalue weighted by molar-refractivity contribution is 7.09. The Morgan fingerprint density at radius 1 is 1.39 bits per heavy atom. The van der Waals surface area contributed by atoms with Gasteiger partial charge in [-0.15, -0.1) is 11.3 Å². The molecule has 0 aromatic carbocycles. The van der Waals surface area contributed by atoms with Crippen molar-refractivity contribution in [1.29, 1.82) is 0 Å². The van der Waals surface area contributed by atoms with E-state index < -0.39 is 0 Å². The Bertz CT molecular complexity index is 311. The third-order valence-corrected chi connectivity index (χ3v) is 5.15. The molecule has 1 N–H and O–H groups in total. The third-order valence-electron chi connectivity index (χ3n) is 4.25. The van der Waals surface area contributed by atoms with Gasteiger partial charge in [-0.2, -0.15) is 0 Å². The quantitative estimate of drug-likeness (QED) is 0.782. The van der Waals surface area contributed by atoms with Gasteiger partial charge < -0.3 is 10.0 Å². The van der Waals surface area contributed by atoms with Gasteiger partial charge in [-0.25, -0.2) is 0 Å². The Morgan fingerprint density at radius 2 is 2.06 bits per heavy atom. The first-order valence-corrected chi connectivity index (χ1v) is 7.78. The first-order chi connectivity index (χ1) is 8.56. The molecule has 1 rings (SSSR count). The average Bonchev–Trinajstić information content (AvgIpc) is 2.88. The molecule has 0 radical (unpaired) electrons. The van der Waals surface area contributed by atoms with Crippen LogP contribution in [0.3, 0.4) is 0 Å². The third kappa shape index (κ3) is 4.08. The van der Waals surface area contributed by atoms with Crippen LogP contribution in [0.4, 0.5) is 0 Å². The second-order valence-electron chi connectivity index (χ2n) is 5.41. The van der Waals surface area contributed by atoms with Crippen molar-refractivity contribution in [2.75, 3.05) is 20.2 Å². The van der Waals surface area contributed by atoms with Crippen LogP contribution in [0.25, 0.3) is 0 Å². The molecule has 0 aliphatic carbocycles. The highest BCUT2D eigenvalue weighted by atomic mass is 32.1.